The number of carboxylic acid groups (broad SMARTS) is 1. The fourth-order valence-corrected chi connectivity index (χ4v) is 2.33. The van der Waals surface area contributed by atoms with Gasteiger partial charge >= 0.3 is 12.0 Å². The van der Waals surface area contributed by atoms with E-state index in [1.165, 1.54) is 0 Å². The third-order valence-corrected chi connectivity index (χ3v) is 4.46. The molecule has 1 aliphatic carbocycles. The van der Waals surface area contributed by atoms with Crippen LogP contribution in [0.1, 0.15) is 46.0 Å². The molecule has 0 saturated heterocycles. The van der Waals surface area contributed by atoms with Crippen molar-refractivity contribution in [2.24, 2.45) is 5.41 Å². The summed E-state index contributed by atoms with van der Waals surface area (Å²) in [5, 5.41) is 14.6. The number of carboxylic acids is 1. The smallest absolute Gasteiger partial charge is 0.314 e. The molecule has 0 aromatic heterocycles. The second-order valence-electron chi connectivity index (χ2n) is 6.33. The zero-order chi connectivity index (χ0) is 15.9. The molecule has 6 heteroatoms. The molecule has 0 spiro atoms. The van der Waals surface area contributed by atoms with Crippen molar-refractivity contribution in [1.29, 1.82) is 0 Å². The quantitative estimate of drug-likeness (QED) is 0.566. The Morgan fingerprint density at radius 3 is 2.38 bits per heavy atom. The van der Waals surface area contributed by atoms with E-state index in [4.69, 9.17) is 5.11 Å². The van der Waals surface area contributed by atoms with E-state index < -0.39 is 11.4 Å². The Bertz CT molecular complexity index is 354. The van der Waals surface area contributed by atoms with E-state index in [2.05, 4.69) is 36.4 Å². The number of aliphatic carboxylic acids is 1. The first-order chi connectivity index (χ1) is 9.87. The maximum absolute atomic E-state index is 11.6. The maximum Gasteiger partial charge on any atom is 0.314 e. The fourth-order valence-electron chi connectivity index (χ4n) is 2.33. The summed E-state index contributed by atoms with van der Waals surface area (Å²) in [4.78, 5) is 25.1. The van der Waals surface area contributed by atoms with Gasteiger partial charge in [-0.2, -0.15) is 0 Å². The standard InChI is InChI=1S/C15H29N3O3/c1-12(2)18(3)10-5-4-9-16-14(21)17-11-15(13(19)20)7-6-8-15/h12H,4-11H2,1-3H3,(H,19,20)(H2,16,17,21). The summed E-state index contributed by atoms with van der Waals surface area (Å²) >= 11 is 0. The Kier molecular flexibility index (Phi) is 6.95. The molecule has 122 valence electrons. The molecule has 3 N–H and O–H groups in total. The predicted octanol–water partition coefficient (Wildman–Crippen LogP) is 1.66. The van der Waals surface area contributed by atoms with Crippen LogP contribution in [-0.4, -0.2) is 54.7 Å². The molecule has 2 amide bonds. The number of nitrogens with zero attached hydrogens (tertiary/aromatic N) is 1. The zero-order valence-electron chi connectivity index (χ0n) is 13.4. The van der Waals surface area contributed by atoms with Gasteiger partial charge in [-0.1, -0.05) is 6.42 Å². The van der Waals surface area contributed by atoms with Crippen LogP contribution in [-0.2, 0) is 4.79 Å². The number of carbonyl (C=O) groups excluding carboxylic acids is 1. The van der Waals surface area contributed by atoms with Crippen molar-refractivity contribution >= 4 is 12.0 Å². The summed E-state index contributed by atoms with van der Waals surface area (Å²) in [6.07, 6.45) is 4.20. The van der Waals surface area contributed by atoms with Crippen LogP contribution in [0.4, 0.5) is 4.79 Å². The molecule has 0 aromatic carbocycles. The minimum Gasteiger partial charge on any atom is -0.481 e. The van der Waals surface area contributed by atoms with E-state index in [-0.39, 0.29) is 12.6 Å². The Morgan fingerprint density at radius 1 is 1.24 bits per heavy atom. The molecule has 0 bridgehead atoms. The van der Waals surface area contributed by atoms with Gasteiger partial charge in [0.1, 0.15) is 0 Å². The molecule has 0 heterocycles. The van der Waals surface area contributed by atoms with Crippen LogP contribution in [0, 0.1) is 5.41 Å². The Labute approximate surface area is 127 Å². The molecule has 0 unspecified atom stereocenters. The highest BCUT2D eigenvalue weighted by molar-refractivity contribution is 5.78. The number of urea groups is 1. The van der Waals surface area contributed by atoms with Gasteiger partial charge in [0.25, 0.3) is 0 Å². The number of hydrogen-bond acceptors (Lipinski definition) is 3. The fraction of sp³-hybridized carbons (Fsp3) is 0.867. The van der Waals surface area contributed by atoms with Gasteiger partial charge in [0.05, 0.1) is 5.41 Å². The van der Waals surface area contributed by atoms with Crippen molar-refractivity contribution in [2.75, 3.05) is 26.7 Å². The molecule has 0 aromatic rings. The van der Waals surface area contributed by atoms with Gasteiger partial charge in [-0.3, -0.25) is 4.79 Å². The van der Waals surface area contributed by atoms with Gasteiger partial charge in [-0.15, -0.1) is 0 Å². The van der Waals surface area contributed by atoms with Crippen molar-refractivity contribution in [3.05, 3.63) is 0 Å². The van der Waals surface area contributed by atoms with Crippen molar-refractivity contribution in [2.45, 2.75) is 52.0 Å². The molecule has 0 atom stereocenters. The third-order valence-electron chi connectivity index (χ3n) is 4.46. The summed E-state index contributed by atoms with van der Waals surface area (Å²) in [6.45, 7) is 6.18. The number of unbranched alkanes of at least 4 members (excludes halogenated alkanes) is 1. The third kappa shape index (κ3) is 5.53. The van der Waals surface area contributed by atoms with Gasteiger partial charge < -0.3 is 20.6 Å². The van der Waals surface area contributed by atoms with Crippen LogP contribution in [0.3, 0.4) is 0 Å². The summed E-state index contributed by atoms with van der Waals surface area (Å²) in [5.74, 6) is -0.800. The van der Waals surface area contributed by atoms with E-state index in [0.717, 1.165) is 25.8 Å². The van der Waals surface area contributed by atoms with Gasteiger partial charge in [0.2, 0.25) is 0 Å². The lowest BCUT2D eigenvalue weighted by Gasteiger charge is -2.37. The number of carbonyl (C=O) groups is 2. The van der Waals surface area contributed by atoms with E-state index in [1.54, 1.807) is 0 Å². The average Bonchev–Trinajstić information content (AvgIpc) is 2.36. The number of rotatable bonds is 9. The topological polar surface area (TPSA) is 81.7 Å². The Morgan fingerprint density at radius 2 is 1.90 bits per heavy atom. The van der Waals surface area contributed by atoms with Crippen LogP contribution >= 0.6 is 0 Å². The summed E-state index contributed by atoms with van der Waals surface area (Å²) in [5.41, 5.74) is -0.725. The van der Waals surface area contributed by atoms with Gasteiger partial charge in [0.15, 0.2) is 0 Å². The lowest BCUT2D eigenvalue weighted by molar-refractivity contribution is -0.153. The summed E-state index contributed by atoms with van der Waals surface area (Å²) in [6, 6.07) is 0.274. The maximum atomic E-state index is 11.6. The number of nitrogens with one attached hydrogen (secondary N) is 2. The zero-order valence-corrected chi connectivity index (χ0v) is 13.4. The molecule has 6 nitrogen and oxygen atoms in total. The average molecular weight is 299 g/mol. The number of hydrogen-bond donors (Lipinski definition) is 3. The van der Waals surface area contributed by atoms with E-state index >= 15 is 0 Å². The lowest BCUT2D eigenvalue weighted by atomic mass is 9.69. The normalized spacial score (nSPS) is 16.6. The predicted molar refractivity (Wildman–Crippen MR) is 82.3 cm³/mol. The minimum atomic E-state index is -0.800. The largest absolute Gasteiger partial charge is 0.481 e. The molecular formula is C15H29N3O3. The van der Waals surface area contributed by atoms with Crippen molar-refractivity contribution in [3.8, 4) is 0 Å². The Hall–Kier alpha value is -1.30. The van der Waals surface area contributed by atoms with Crippen LogP contribution in [0.15, 0.2) is 0 Å². The molecule has 21 heavy (non-hydrogen) atoms. The highest BCUT2D eigenvalue weighted by atomic mass is 16.4. The lowest BCUT2D eigenvalue weighted by Crippen LogP contribution is -2.49. The first-order valence-electron chi connectivity index (χ1n) is 7.83. The molecular weight excluding hydrogens is 270 g/mol. The van der Waals surface area contributed by atoms with E-state index in [1.807, 2.05) is 0 Å². The molecule has 1 aliphatic rings. The summed E-state index contributed by atoms with van der Waals surface area (Å²) < 4.78 is 0. The Balaban J connectivity index is 2.08. The van der Waals surface area contributed by atoms with Crippen LogP contribution in [0.25, 0.3) is 0 Å². The van der Waals surface area contributed by atoms with Gasteiger partial charge in [-0.25, -0.2) is 4.79 Å². The van der Waals surface area contributed by atoms with Gasteiger partial charge in [-0.05, 0) is 53.1 Å². The van der Waals surface area contributed by atoms with Crippen LogP contribution < -0.4 is 10.6 Å². The summed E-state index contributed by atoms with van der Waals surface area (Å²) in [7, 11) is 2.09. The number of amides is 2. The van der Waals surface area contributed by atoms with Crippen molar-refractivity contribution in [1.82, 2.24) is 15.5 Å². The van der Waals surface area contributed by atoms with Crippen LogP contribution in [0.2, 0.25) is 0 Å². The van der Waals surface area contributed by atoms with E-state index in [9.17, 15) is 9.59 Å². The molecule has 0 radical (unpaired) electrons. The first kappa shape index (κ1) is 17.8. The van der Waals surface area contributed by atoms with Crippen LogP contribution in [0.5, 0.6) is 0 Å². The minimum absolute atomic E-state index is 0.226. The second-order valence-corrected chi connectivity index (χ2v) is 6.33. The molecule has 1 saturated carbocycles. The molecule has 1 rings (SSSR count). The first-order valence-corrected chi connectivity index (χ1v) is 7.83. The monoisotopic (exact) mass is 299 g/mol. The van der Waals surface area contributed by atoms with Gasteiger partial charge in [0, 0.05) is 19.1 Å². The molecule has 1 fully saturated rings. The SMILES string of the molecule is CC(C)N(C)CCCCNC(=O)NCC1(C(=O)O)CCC1. The van der Waals surface area contributed by atoms with Crippen molar-refractivity contribution in [3.63, 3.8) is 0 Å². The highest BCUT2D eigenvalue weighted by Gasteiger charge is 2.44. The highest BCUT2D eigenvalue weighted by Crippen LogP contribution is 2.40. The molecule has 0 aliphatic heterocycles. The van der Waals surface area contributed by atoms with Crippen molar-refractivity contribution < 1.29 is 14.7 Å². The second kappa shape index (κ2) is 8.22. The van der Waals surface area contributed by atoms with E-state index in [0.29, 0.717) is 25.4 Å².